The van der Waals surface area contributed by atoms with Crippen LogP contribution in [-0.4, -0.2) is 78.9 Å². The van der Waals surface area contributed by atoms with Crippen molar-refractivity contribution in [1.29, 1.82) is 0 Å². The predicted molar refractivity (Wildman–Crippen MR) is 173 cm³/mol. The maximum atomic E-state index is 14.3. The molecule has 1 saturated heterocycles. The van der Waals surface area contributed by atoms with Crippen molar-refractivity contribution >= 4 is 22.8 Å². The van der Waals surface area contributed by atoms with Crippen LogP contribution in [-0.2, 0) is 12.7 Å². The quantitative estimate of drug-likeness (QED) is 0.222. The largest absolute Gasteiger partial charge is 0.480 e. The van der Waals surface area contributed by atoms with Crippen molar-refractivity contribution in [3.8, 4) is 28.7 Å². The van der Waals surface area contributed by atoms with Crippen LogP contribution >= 0.6 is 0 Å². The number of hydrogen-bond donors (Lipinski definition) is 2. The zero-order chi connectivity index (χ0) is 33.6. The van der Waals surface area contributed by atoms with E-state index in [4.69, 9.17) is 15.5 Å². The predicted octanol–water partition coefficient (Wildman–Crippen LogP) is 4.28. The molecule has 0 amide bonds. The van der Waals surface area contributed by atoms with E-state index in [1.54, 1.807) is 42.7 Å². The summed E-state index contributed by atoms with van der Waals surface area (Å²) in [6.07, 6.45) is 4.26. The maximum Gasteiger partial charge on any atom is 0.432 e. The molecule has 7 rings (SSSR count). The number of allylic oxidation sites excluding steroid dienone is 1. The number of hydrogen-bond acceptors (Lipinski definition) is 10. The second-order valence-corrected chi connectivity index (χ2v) is 12.0. The van der Waals surface area contributed by atoms with E-state index in [0.29, 0.717) is 50.6 Å². The molecular formula is C33H31F3N10O2. The normalized spacial score (nSPS) is 16.1. The number of fused-ring (bicyclic) bond motifs is 1. The lowest BCUT2D eigenvalue weighted by Gasteiger charge is -2.33. The van der Waals surface area contributed by atoms with Gasteiger partial charge in [0.1, 0.15) is 29.1 Å². The van der Waals surface area contributed by atoms with E-state index in [0.717, 1.165) is 37.8 Å². The summed E-state index contributed by atoms with van der Waals surface area (Å²) in [7, 11) is 3.53. The minimum atomic E-state index is -4.54. The molecule has 0 unspecified atom stereocenters. The Morgan fingerprint density at radius 2 is 1.90 bits per heavy atom. The van der Waals surface area contributed by atoms with Gasteiger partial charge in [-0.15, -0.1) is 0 Å². The van der Waals surface area contributed by atoms with Gasteiger partial charge in [-0.1, -0.05) is 24.3 Å². The van der Waals surface area contributed by atoms with E-state index >= 15 is 0 Å². The number of aromatic nitrogens is 7. The van der Waals surface area contributed by atoms with Gasteiger partial charge in [0.15, 0.2) is 5.82 Å². The van der Waals surface area contributed by atoms with Crippen molar-refractivity contribution in [2.45, 2.75) is 37.5 Å². The fourth-order valence-corrected chi connectivity index (χ4v) is 5.76. The fraction of sp³-hybridized carbons (Fsp3) is 0.303. The molecule has 5 heterocycles. The number of imidazole rings is 1. The first-order valence-electron chi connectivity index (χ1n) is 15.3. The lowest BCUT2D eigenvalue weighted by atomic mass is 10.1. The number of benzene rings is 1. The Labute approximate surface area is 272 Å². The minimum Gasteiger partial charge on any atom is -0.480 e. The van der Waals surface area contributed by atoms with E-state index in [1.807, 2.05) is 7.05 Å². The zero-order valence-corrected chi connectivity index (χ0v) is 26.1. The molecule has 0 bridgehead atoms. The van der Waals surface area contributed by atoms with Gasteiger partial charge in [-0.25, -0.2) is 24.9 Å². The number of halogens is 3. The zero-order valence-electron chi connectivity index (χ0n) is 26.1. The number of rotatable bonds is 9. The molecule has 3 N–H and O–H groups in total. The van der Waals surface area contributed by atoms with Gasteiger partial charge in [0.05, 0.1) is 37.2 Å². The number of nitrogens with two attached hydrogens (primary N) is 1. The van der Waals surface area contributed by atoms with E-state index in [-0.39, 0.29) is 29.9 Å². The summed E-state index contributed by atoms with van der Waals surface area (Å²) in [6, 6.07) is 8.56. The van der Waals surface area contributed by atoms with Crippen LogP contribution in [0.25, 0.3) is 39.4 Å². The molecule has 1 aliphatic carbocycles. The number of nitrogens with one attached hydrogen (secondary N) is 1. The lowest BCUT2D eigenvalue weighted by Crippen LogP contribution is -2.46. The van der Waals surface area contributed by atoms with Crippen LogP contribution < -0.4 is 16.0 Å². The van der Waals surface area contributed by atoms with Crippen LogP contribution in [0, 0.1) is 0 Å². The Kier molecular flexibility index (Phi) is 7.99. The summed E-state index contributed by atoms with van der Waals surface area (Å²) in [5.41, 5.74) is 8.40. The third-order valence-electron chi connectivity index (χ3n) is 8.46. The van der Waals surface area contributed by atoms with E-state index in [1.165, 1.54) is 24.2 Å². The highest BCUT2D eigenvalue weighted by atomic mass is 19.4. The number of likely N-dealkylation sites (tertiary alicyclic amines) is 1. The highest BCUT2D eigenvalue weighted by Gasteiger charge is 2.33. The maximum absolute atomic E-state index is 14.3. The molecule has 0 radical (unpaired) electrons. The molecule has 246 valence electrons. The molecule has 4 aromatic heterocycles. The molecule has 1 saturated carbocycles. The summed E-state index contributed by atoms with van der Waals surface area (Å²) < 4.78 is 46.5. The van der Waals surface area contributed by atoms with E-state index in [2.05, 4.69) is 34.8 Å². The summed E-state index contributed by atoms with van der Waals surface area (Å²) in [4.78, 5) is 45.6. The number of ether oxygens (including phenoxy) is 1. The number of nitrogens with zero attached hydrogens (tertiary/aromatic N) is 8. The van der Waals surface area contributed by atoms with Gasteiger partial charge in [-0.2, -0.15) is 13.2 Å². The highest BCUT2D eigenvalue weighted by Crippen LogP contribution is 2.45. The molecule has 15 heteroatoms. The van der Waals surface area contributed by atoms with E-state index in [9.17, 15) is 18.0 Å². The Morgan fingerprint density at radius 1 is 1.12 bits per heavy atom. The molecule has 12 nitrogen and oxygen atoms in total. The topological polar surface area (TPSA) is 153 Å². The molecule has 2 fully saturated rings. The smallest absolute Gasteiger partial charge is 0.432 e. The molecule has 1 aromatic carbocycles. The number of likely N-dealkylation sites (N-methyl/N-ethyl adjacent to an activating group) is 1. The number of pyridine rings is 1. The Bertz CT molecular complexity index is 2110. The van der Waals surface area contributed by atoms with Crippen molar-refractivity contribution < 1.29 is 17.9 Å². The van der Waals surface area contributed by atoms with Gasteiger partial charge in [-0.3, -0.25) is 14.4 Å². The standard InChI is InChI=1S/C33H31F3N10O2/c1-45-15-23(16-45)38-12-22(10-37)24-9-21-11-39-29(26-27(19-7-8-19)41-17-42-31(26)48-2)44-30(21)46(32(24)47)14-18-3-5-20(6-4-18)28-40-13-25(43-28)33(34,35)36/h3-6,9-13,17,19,23H,7-8,14-16,37H2,1-2H3,(H,40,43)/b22-10+,38-12?. The molecule has 2 aliphatic rings. The van der Waals surface area contributed by atoms with Crippen molar-refractivity contribution in [2.75, 3.05) is 27.2 Å². The number of H-pyrrole nitrogens is 1. The molecule has 0 spiro atoms. The molecular weight excluding hydrogens is 625 g/mol. The molecule has 48 heavy (non-hydrogen) atoms. The number of aliphatic imine (C=N–C) groups is 1. The molecule has 1 aliphatic heterocycles. The van der Waals surface area contributed by atoms with Crippen molar-refractivity contribution in [1.82, 2.24) is 39.4 Å². The summed E-state index contributed by atoms with van der Waals surface area (Å²) >= 11 is 0. The minimum absolute atomic E-state index is 0.0797. The molecule has 5 aromatic rings. The van der Waals surface area contributed by atoms with Crippen LogP contribution in [0.3, 0.4) is 0 Å². The van der Waals surface area contributed by atoms with Gasteiger partial charge in [-0.05, 0) is 31.5 Å². The van der Waals surface area contributed by atoms with E-state index < -0.39 is 11.9 Å². The van der Waals surface area contributed by atoms with Crippen molar-refractivity contribution in [3.05, 3.63) is 88.1 Å². The second-order valence-electron chi connectivity index (χ2n) is 12.0. The SMILES string of the molecule is COc1ncnc(C2CC2)c1-c1ncc2cc(/C(C=NC3CN(C)C3)=C/N)c(=O)n(Cc3ccc(-c4ncc(C(F)(F)F)[nH]4)cc3)c2n1. The lowest BCUT2D eigenvalue weighted by molar-refractivity contribution is -0.140. The Balaban J connectivity index is 1.32. The highest BCUT2D eigenvalue weighted by molar-refractivity contribution is 6.10. The van der Waals surface area contributed by atoms with Crippen LogP contribution in [0.4, 0.5) is 13.2 Å². The van der Waals surface area contributed by atoms with Crippen LogP contribution in [0.15, 0.2) is 65.0 Å². The molecule has 0 atom stereocenters. The van der Waals surface area contributed by atoms with Gasteiger partial charge in [0.2, 0.25) is 5.88 Å². The van der Waals surface area contributed by atoms with Crippen LogP contribution in [0.2, 0.25) is 0 Å². The first-order valence-corrected chi connectivity index (χ1v) is 15.3. The first kappa shape index (κ1) is 31.2. The van der Waals surface area contributed by atoms with Gasteiger partial charge < -0.3 is 20.4 Å². The first-order chi connectivity index (χ1) is 23.1. The Morgan fingerprint density at radius 3 is 2.54 bits per heavy atom. The van der Waals surface area contributed by atoms with Gasteiger partial charge in [0, 0.05) is 54.1 Å². The van der Waals surface area contributed by atoms with Crippen molar-refractivity contribution in [3.63, 3.8) is 0 Å². The summed E-state index contributed by atoms with van der Waals surface area (Å²) in [5, 5.41) is 0.583. The summed E-state index contributed by atoms with van der Waals surface area (Å²) in [5.74, 6) is 0.982. The van der Waals surface area contributed by atoms with Crippen LogP contribution in [0.1, 0.15) is 41.3 Å². The third kappa shape index (κ3) is 6.03. The van der Waals surface area contributed by atoms with Gasteiger partial charge in [0.25, 0.3) is 5.56 Å². The third-order valence-corrected chi connectivity index (χ3v) is 8.46. The van der Waals surface area contributed by atoms with Crippen LogP contribution in [0.5, 0.6) is 5.88 Å². The number of methoxy groups -OCH3 is 1. The fourth-order valence-electron chi connectivity index (χ4n) is 5.76. The summed E-state index contributed by atoms with van der Waals surface area (Å²) in [6.45, 7) is 1.72. The average Bonchev–Trinajstić information content (AvgIpc) is 3.79. The average molecular weight is 657 g/mol. The van der Waals surface area contributed by atoms with Gasteiger partial charge >= 0.3 is 6.18 Å². The monoisotopic (exact) mass is 656 g/mol. The van der Waals surface area contributed by atoms with Crippen molar-refractivity contribution in [2.24, 2.45) is 10.7 Å². The number of alkyl halides is 3. The number of aromatic amines is 1. The Hall–Kier alpha value is -5.44. The second kappa shape index (κ2) is 12.3.